The third-order valence-electron chi connectivity index (χ3n) is 8.21. The van der Waals surface area contributed by atoms with Gasteiger partial charge in [-0.25, -0.2) is 0 Å². The van der Waals surface area contributed by atoms with Crippen molar-refractivity contribution in [2.45, 2.75) is 82.7 Å². The molecule has 2 unspecified atom stereocenters. The topological polar surface area (TPSA) is 55.8 Å². The minimum atomic E-state index is -0.640. The van der Waals surface area contributed by atoms with E-state index >= 15 is 0 Å². The molecule has 4 heteroatoms. The average Bonchev–Trinajstić information content (AvgIpc) is 3.34. The Kier molecular flexibility index (Phi) is 4.28. The first-order chi connectivity index (χ1) is 13.8. The molecule has 2 saturated heterocycles. The highest BCUT2D eigenvalue weighted by molar-refractivity contribution is 5.78. The fraction of sp³-hybridized carbons (Fsp3) is 0.640. The maximum absolute atomic E-state index is 13.2. The molecule has 0 spiro atoms. The SMILES string of the molecule is CC1=C2[C@@H](CC1)[C@]1(C)O[C@@](C(C)C)(C[C@H]1O)[C@H]2OC(=O)C1CC1c1ccccc1. The summed E-state index contributed by atoms with van der Waals surface area (Å²) in [5, 5.41) is 11.0. The van der Waals surface area contributed by atoms with Crippen molar-refractivity contribution in [2.75, 3.05) is 0 Å². The Morgan fingerprint density at radius 3 is 2.69 bits per heavy atom. The first kappa shape index (κ1) is 19.3. The van der Waals surface area contributed by atoms with E-state index in [-0.39, 0.29) is 35.7 Å². The summed E-state index contributed by atoms with van der Waals surface area (Å²) in [6, 6.07) is 10.2. The molecule has 0 amide bonds. The number of allylic oxidation sites excluding steroid dienone is 1. The molecular weight excluding hydrogens is 364 g/mol. The first-order valence-electron chi connectivity index (χ1n) is 11.1. The lowest BCUT2D eigenvalue weighted by Gasteiger charge is -2.50. The van der Waals surface area contributed by atoms with E-state index in [0.29, 0.717) is 6.42 Å². The summed E-state index contributed by atoms with van der Waals surface area (Å²) in [5.74, 6) is 0.360. The Balaban J connectivity index is 1.45. The first-order valence-corrected chi connectivity index (χ1v) is 11.1. The monoisotopic (exact) mass is 396 g/mol. The van der Waals surface area contributed by atoms with E-state index < -0.39 is 17.3 Å². The van der Waals surface area contributed by atoms with Crippen LogP contribution in [0.2, 0.25) is 0 Å². The number of hydrogen-bond acceptors (Lipinski definition) is 4. The quantitative estimate of drug-likeness (QED) is 0.606. The van der Waals surface area contributed by atoms with Crippen LogP contribution >= 0.6 is 0 Å². The summed E-state index contributed by atoms with van der Waals surface area (Å²) >= 11 is 0. The normalized spacial score (nSPS) is 42.9. The van der Waals surface area contributed by atoms with Crippen molar-refractivity contribution in [1.82, 2.24) is 0 Å². The lowest BCUT2D eigenvalue weighted by molar-refractivity contribution is -0.223. The van der Waals surface area contributed by atoms with Crippen molar-refractivity contribution in [1.29, 1.82) is 0 Å². The van der Waals surface area contributed by atoms with Crippen LogP contribution in [0, 0.1) is 17.8 Å². The van der Waals surface area contributed by atoms with Gasteiger partial charge >= 0.3 is 5.97 Å². The zero-order chi connectivity index (χ0) is 20.6. The molecule has 5 rings (SSSR count). The van der Waals surface area contributed by atoms with E-state index in [4.69, 9.17) is 9.47 Å². The fourth-order valence-corrected chi connectivity index (χ4v) is 6.26. The Hall–Kier alpha value is -1.65. The van der Waals surface area contributed by atoms with Crippen LogP contribution in [0.1, 0.15) is 64.9 Å². The number of hydrogen-bond donors (Lipinski definition) is 1. The van der Waals surface area contributed by atoms with Gasteiger partial charge in [-0.2, -0.15) is 0 Å². The number of aliphatic hydroxyl groups excluding tert-OH is 1. The maximum atomic E-state index is 13.2. The van der Waals surface area contributed by atoms with Gasteiger partial charge in [-0.3, -0.25) is 4.79 Å². The van der Waals surface area contributed by atoms with E-state index in [1.54, 1.807) is 0 Å². The predicted molar refractivity (Wildman–Crippen MR) is 110 cm³/mol. The van der Waals surface area contributed by atoms with Gasteiger partial charge in [-0.05, 0) is 56.1 Å². The fourth-order valence-electron chi connectivity index (χ4n) is 6.26. The second kappa shape index (κ2) is 6.42. The summed E-state index contributed by atoms with van der Waals surface area (Å²) < 4.78 is 13.0. The van der Waals surface area contributed by atoms with Crippen LogP contribution in [0.25, 0.3) is 0 Å². The molecule has 4 aliphatic rings. The number of benzene rings is 1. The number of ether oxygens (including phenoxy) is 2. The third-order valence-corrected chi connectivity index (χ3v) is 8.21. The average molecular weight is 397 g/mol. The van der Waals surface area contributed by atoms with Crippen LogP contribution in [-0.4, -0.2) is 34.5 Å². The highest BCUT2D eigenvalue weighted by Gasteiger charge is 2.69. The summed E-state index contributed by atoms with van der Waals surface area (Å²) in [7, 11) is 0. The van der Waals surface area contributed by atoms with Crippen LogP contribution in [0.3, 0.4) is 0 Å². The molecule has 0 radical (unpaired) electrons. The minimum absolute atomic E-state index is 0.0676. The van der Waals surface area contributed by atoms with Crippen molar-refractivity contribution in [3.8, 4) is 0 Å². The molecule has 2 bridgehead atoms. The van der Waals surface area contributed by atoms with E-state index in [9.17, 15) is 9.90 Å². The molecule has 1 N–H and O–H groups in total. The van der Waals surface area contributed by atoms with Gasteiger partial charge in [0.05, 0.1) is 17.6 Å². The standard InChI is InChI=1S/C25H32O4/c1-14(2)25-13-20(26)24(4,29-25)19-11-10-15(3)21(19)22(25)28-23(27)18-12-17(18)16-8-6-5-7-9-16/h5-9,14,17-20,22,26H,10-13H2,1-4H3/t17?,18?,19-,20-,22+,24+,25-/m1/s1. The lowest BCUT2D eigenvalue weighted by Crippen LogP contribution is -2.58. The highest BCUT2D eigenvalue weighted by Crippen LogP contribution is 2.61. The van der Waals surface area contributed by atoms with Gasteiger partial charge in [-0.1, -0.05) is 49.8 Å². The zero-order valence-corrected chi connectivity index (χ0v) is 17.9. The van der Waals surface area contributed by atoms with Gasteiger partial charge in [-0.15, -0.1) is 0 Å². The van der Waals surface area contributed by atoms with Gasteiger partial charge in [0.15, 0.2) is 6.10 Å². The van der Waals surface area contributed by atoms with E-state index in [2.05, 4.69) is 39.8 Å². The molecule has 0 aromatic heterocycles. The molecule has 1 aromatic rings. The minimum Gasteiger partial charge on any atom is -0.454 e. The molecule has 2 aliphatic carbocycles. The van der Waals surface area contributed by atoms with Crippen LogP contribution in [0.15, 0.2) is 41.5 Å². The number of esters is 1. The molecule has 1 saturated carbocycles. The number of carbonyl (C=O) groups is 1. The Labute approximate surface area is 173 Å². The van der Waals surface area contributed by atoms with Crippen molar-refractivity contribution in [3.63, 3.8) is 0 Å². The van der Waals surface area contributed by atoms with Gasteiger partial charge in [0.25, 0.3) is 0 Å². The van der Waals surface area contributed by atoms with Gasteiger partial charge in [0.2, 0.25) is 0 Å². The van der Waals surface area contributed by atoms with Crippen LogP contribution in [0.5, 0.6) is 0 Å². The maximum Gasteiger partial charge on any atom is 0.310 e. The Bertz CT molecular complexity index is 859. The third kappa shape index (κ3) is 2.68. The number of rotatable bonds is 4. The lowest BCUT2D eigenvalue weighted by atomic mass is 9.74. The van der Waals surface area contributed by atoms with E-state index in [1.807, 2.05) is 18.2 Å². The predicted octanol–water partition coefficient (Wildman–Crippen LogP) is 4.38. The highest BCUT2D eigenvalue weighted by atomic mass is 16.6. The molecular formula is C25H32O4. The Morgan fingerprint density at radius 2 is 2.00 bits per heavy atom. The van der Waals surface area contributed by atoms with E-state index in [1.165, 1.54) is 16.7 Å². The molecule has 3 fully saturated rings. The van der Waals surface area contributed by atoms with Gasteiger partial charge in [0.1, 0.15) is 5.60 Å². The van der Waals surface area contributed by atoms with Crippen LogP contribution in [0.4, 0.5) is 0 Å². The van der Waals surface area contributed by atoms with Crippen molar-refractivity contribution in [3.05, 3.63) is 47.0 Å². The summed E-state index contributed by atoms with van der Waals surface area (Å²) in [4.78, 5) is 13.2. The van der Waals surface area contributed by atoms with Crippen LogP contribution < -0.4 is 0 Å². The summed E-state index contributed by atoms with van der Waals surface area (Å²) in [6.45, 7) is 8.45. The molecule has 7 atom stereocenters. The van der Waals surface area contributed by atoms with Crippen molar-refractivity contribution < 1.29 is 19.4 Å². The molecule has 2 aliphatic heterocycles. The largest absolute Gasteiger partial charge is 0.454 e. The van der Waals surface area contributed by atoms with Crippen molar-refractivity contribution in [2.24, 2.45) is 17.8 Å². The molecule has 29 heavy (non-hydrogen) atoms. The number of carbonyl (C=O) groups excluding carboxylic acids is 1. The van der Waals surface area contributed by atoms with Crippen molar-refractivity contribution >= 4 is 5.97 Å². The Morgan fingerprint density at radius 1 is 1.28 bits per heavy atom. The second-order valence-electron chi connectivity index (χ2n) is 10.1. The zero-order valence-electron chi connectivity index (χ0n) is 17.9. The molecule has 1 aromatic carbocycles. The second-order valence-corrected chi connectivity index (χ2v) is 10.1. The van der Waals surface area contributed by atoms with Gasteiger partial charge in [0, 0.05) is 12.3 Å². The number of fused-ring (bicyclic) bond motifs is 4. The summed E-state index contributed by atoms with van der Waals surface area (Å²) in [6.07, 6.45) is 2.42. The molecule has 156 valence electrons. The van der Waals surface area contributed by atoms with Gasteiger partial charge < -0.3 is 14.6 Å². The smallest absolute Gasteiger partial charge is 0.310 e. The molecule has 2 heterocycles. The molecule has 4 nitrogen and oxygen atoms in total. The summed E-state index contributed by atoms with van der Waals surface area (Å²) in [5.41, 5.74) is 2.54. The van der Waals surface area contributed by atoms with Crippen LogP contribution in [-0.2, 0) is 14.3 Å². The number of aliphatic hydroxyl groups is 1. The van der Waals surface area contributed by atoms with E-state index in [0.717, 1.165) is 19.3 Å².